The largest absolute Gasteiger partial charge is 0.493 e. The van der Waals surface area contributed by atoms with Gasteiger partial charge >= 0.3 is 0 Å². The van der Waals surface area contributed by atoms with E-state index in [4.69, 9.17) is 14.2 Å². The van der Waals surface area contributed by atoms with Crippen LogP contribution in [0, 0.1) is 0 Å². The molecule has 0 aliphatic carbocycles. The van der Waals surface area contributed by atoms with E-state index < -0.39 is 0 Å². The molecular weight excluding hydrogens is 276 g/mol. The average Bonchev–Trinajstić information content (AvgIpc) is 3.01. The van der Waals surface area contributed by atoms with Crippen LogP contribution in [-0.2, 0) is 0 Å². The second kappa shape index (κ2) is 6.56. The molecule has 0 aromatic heterocycles. The zero-order valence-corrected chi connectivity index (χ0v) is 12.7. The molecule has 0 saturated carbocycles. The highest BCUT2D eigenvalue weighted by atomic mass is 16.7. The van der Waals surface area contributed by atoms with Crippen molar-refractivity contribution in [1.82, 2.24) is 0 Å². The molecule has 2 aromatic carbocycles. The van der Waals surface area contributed by atoms with Crippen molar-refractivity contribution < 1.29 is 14.2 Å². The van der Waals surface area contributed by atoms with Crippen LogP contribution in [0.5, 0.6) is 17.2 Å². The van der Waals surface area contributed by atoms with Gasteiger partial charge in [0.25, 0.3) is 0 Å². The first-order valence-corrected chi connectivity index (χ1v) is 7.57. The summed E-state index contributed by atoms with van der Waals surface area (Å²) in [6.45, 7) is 7.03. The number of hydrogen-bond donors (Lipinski definition) is 0. The van der Waals surface area contributed by atoms with E-state index >= 15 is 0 Å². The lowest BCUT2D eigenvalue weighted by Gasteiger charge is -2.19. The second-order valence-corrected chi connectivity index (χ2v) is 5.22. The fourth-order valence-corrected chi connectivity index (χ4v) is 2.62. The van der Waals surface area contributed by atoms with Crippen LogP contribution in [0.25, 0.3) is 0 Å². The molecule has 0 saturated heterocycles. The molecule has 0 fully saturated rings. The monoisotopic (exact) mass is 296 g/mol. The molecule has 0 amide bonds. The third kappa shape index (κ3) is 2.80. The van der Waals surface area contributed by atoms with E-state index in [-0.39, 0.29) is 12.7 Å². The van der Waals surface area contributed by atoms with Crippen molar-refractivity contribution in [3.63, 3.8) is 0 Å². The van der Waals surface area contributed by atoms with E-state index in [1.54, 1.807) is 0 Å². The van der Waals surface area contributed by atoms with Crippen LogP contribution in [0.3, 0.4) is 0 Å². The second-order valence-electron chi connectivity index (χ2n) is 5.22. The Morgan fingerprint density at radius 2 is 1.91 bits per heavy atom. The normalized spacial score (nSPS) is 13.7. The molecule has 1 aliphatic rings. The maximum absolute atomic E-state index is 5.93. The van der Waals surface area contributed by atoms with Gasteiger partial charge < -0.3 is 14.2 Å². The molecule has 0 bridgehead atoms. The van der Waals surface area contributed by atoms with E-state index in [0.717, 1.165) is 29.2 Å². The highest BCUT2D eigenvalue weighted by Crippen LogP contribution is 2.42. The molecular formula is C19H20O3. The quantitative estimate of drug-likeness (QED) is 0.733. The summed E-state index contributed by atoms with van der Waals surface area (Å²) in [5.41, 5.74) is 2.23. The van der Waals surface area contributed by atoms with Gasteiger partial charge in [-0.25, -0.2) is 0 Å². The maximum atomic E-state index is 5.93. The maximum Gasteiger partial charge on any atom is 0.231 e. The Hall–Kier alpha value is -2.42. The number of ether oxygens (including phenoxy) is 3. The highest BCUT2D eigenvalue weighted by Gasteiger charge is 2.22. The first-order chi connectivity index (χ1) is 10.8. The van der Waals surface area contributed by atoms with Gasteiger partial charge in [-0.15, -0.1) is 6.58 Å². The van der Waals surface area contributed by atoms with Crippen molar-refractivity contribution in [3.8, 4) is 17.2 Å². The number of fused-ring (bicyclic) bond motifs is 1. The Morgan fingerprint density at radius 1 is 1.18 bits per heavy atom. The molecule has 22 heavy (non-hydrogen) atoms. The van der Waals surface area contributed by atoms with E-state index in [1.807, 2.05) is 36.4 Å². The van der Waals surface area contributed by atoms with Crippen LogP contribution in [-0.4, -0.2) is 13.4 Å². The fourth-order valence-electron chi connectivity index (χ4n) is 2.62. The van der Waals surface area contributed by atoms with Crippen LogP contribution >= 0.6 is 0 Å². The van der Waals surface area contributed by atoms with Gasteiger partial charge in [0.1, 0.15) is 5.75 Å². The standard InChI is InChI=1S/C19H20O3/c1-3-10-20-17-12-19-18(21-13-22-19)11-16(17)15(4-2)14-8-6-5-7-9-14/h4-9,11-12,15H,2-3,10,13H2,1H3. The van der Waals surface area contributed by atoms with Gasteiger partial charge in [-0.1, -0.05) is 43.3 Å². The lowest BCUT2D eigenvalue weighted by molar-refractivity contribution is 0.173. The van der Waals surface area contributed by atoms with Crippen LogP contribution in [0.1, 0.15) is 30.4 Å². The lowest BCUT2D eigenvalue weighted by Crippen LogP contribution is -2.04. The van der Waals surface area contributed by atoms with E-state index in [0.29, 0.717) is 6.61 Å². The molecule has 1 aliphatic heterocycles. The molecule has 1 unspecified atom stereocenters. The number of allylic oxidation sites excluding steroid dienone is 1. The van der Waals surface area contributed by atoms with Crippen LogP contribution in [0.4, 0.5) is 0 Å². The Kier molecular flexibility index (Phi) is 4.33. The van der Waals surface area contributed by atoms with Gasteiger partial charge in [-0.3, -0.25) is 0 Å². The molecule has 1 atom stereocenters. The minimum absolute atomic E-state index is 0.0579. The average molecular weight is 296 g/mol. The summed E-state index contributed by atoms with van der Waals surface area (Å²) in [5.74, 6) is 2.40. The first-order valence-electron chi connectivity index (χ1n) is 7.57. The van der Waals surface area contributed by atoms with Crippen molar-refractivity contribution in [3.05, 3.63) is 66.2 Å². The van der Waals surface area contributed by atoms with Crippen molar-refractivity contribution in [2.24, 2.45) is 0 Å². The lowest BCUT2D eigenvalue weighted by atomic mass is 9.90. The highest BCUT2D eigenvalue weighted by molar-refractivity contribution is 5.55. The van der Waals surface area contributed by atoms with Crippen molar-refractivity contribution >= 4 is 0 Å². The third-order valence-electron chi connectivity index (χ3n) is 3.70. The summed E-state index contributed by atoms with van der Waals surface area (Å²) < 4.78 is 16.9. The number of benzene rings is 2. The fraction of sp³-hybridized carbons (Fsp3) is 0.263. The summed E-state index contributed by atoms with van der Waals surface area (Å²) >= 11 is 0. The molecule has 0 N–H and O–H groups in total. The predicted molar refractivity (Wildman–Crippen MR) is 86.8 cm³/mol. The molecule has 114 valence electrons. The van der Waals surface area contributed by atoms with E-state index in [2.05, 4.69) is 25.6 Å². The zero-order valence-electron chi connectivity index (χ0n) is 12.7. The van der Waals surface area contributed by atoms with Gasteiger partial charge in [0.05, 0.1) is 6.61 Å². The van der Waals surface area contributed by atoms with Gasteiger partial charge in [0, 0.05) is 17.5 Å². The Labute approximate surface area is 131 Å². The molecule has 0 radical (unpaired) electrons. The third-order valence-corrected chi connectivity index (χ3v) is 3.70. The molecule has 3 nitrogen and oxygen atoms in total. The van der Waals surface area contributed by atoms with Gasteiger partial charge in [-0.2, -0.15) is 0 Å². The Balaban J connectivity index is 2.05. The summed E-state index contributed by atoms with van der Waals surface area (Å²) in [7, 11) is 0. The van der Waals surface area contributed by atoms with Crippen molar-refractivity contribution in [2.75, 3.05) is 13.4 Å². The minimum Gasteiger partial charge on any atom is -0.493 e. The topological polar surface area (TPSA) is 27.7 Å². The van der Waals surface area contributed by atoms with Crippen LogP contribution in [0.15, 0.2) is 55.1 Å². The molecule has 0 spiro atoms. The summed E-state index contributed by atoms with van der Waals surface area (Å²) in [6, 6.07) is 14.2. The molecule has 3 heteroatoms. The zero-order chi connectivity index (χ0) is 15.4. The van der Waals surface area contributed by atoms with E-state index in [9.17, 15) is 0 Å². The van der Waals surface area contributed by atoms with E-state index in [1.165, 1.54) is 5.56 Å². The van der Waals surface area contributed by atoms with Gasteiger partial charge in [-0.05, 0) is 18.1 Å². The van der Waals surface area contributed by atoms with Crippen LogP contribution in [0.2, 0.25) is 0 Å². The van der Waals surface area contributed by atoms with Gasteiger partial charge in [0.2, 0.25) is 6.79 Å². The number of rotatable bonds is 6. The minimum atomic E-state index is 0.0579. The summed E-state index contributed by atoms with van der Waals surface area (Å²) in [6.07, 6.45) is 2.89. The molecule has 1 heterocycles. The Bertz CT molecular complexity index is 649. The summed E-state index contributed by atoms with van der Waals surface area (Å²) in [5, 5.41) is 0. The molecule has 2 aromatic rings. The Morgan fingerprint density at radius 3 is 2.59 bits per heavy atom. The van der Waals surface area contributed by atoms with Crippen molar-refractivity contribution in [1.29, 1.82) is 0 Å². The van der Waals surface area contributed by atoms with Crippen molar-refractivity contribution in [2.45, 2.75) is 19.3 Å². The predicted octanol–water partition coefficient (Wildman–Crippen LogP) is 4.52. The first kappa shape index (κ1) is 14.5. The smallest absolute Gasteiger partial charge is 0.231 e. The van der Waals surface area contributed by atoms with Gasteiger partial charge in [0.15, 0.2) is 11.5 Å². The summed E-state index contributed by atoms with van der Waals surface area (Å²) in [4.78, 5) is 0. The molecule has 3 rings (SSSR count). The number of hydrogen-bond acceptors (Lipinski definition) is 3. The van der Waals surface area contributed by atoms with Crippen LogP contribution < -0.4 is 14.2 Å². The SMILES string of the molecule is C=CC(c1ccccc1)c1cc2c(cc1OCCC)OCO2.